The van der Waals surface area contributed by atoms with Crippen LogP contribution in [0.1, 0.15) is 66.3 Å². The first-order valence-corrected chi connectivity index (χ1v) is 15.4. The second-order valence-corrected chi connectivity index (χ2v) is 13.2. The standard InChI is InChI=1S/C35H35ClFNO2S/c1-34(2,40)30-9-4-3-7-25(30)13-17-32(41-23-35(18-19-39)22-33(35)37)27-8-5-6-24(20-27)10-15-29-16-12-26-11-14-28(36)21-31(26)38-29/h3-12,14-16,19-21,32-33,40H,13,17-18,22-23H2,1-2H3/b15-10+/t32-,33?,35?/m1/s1. The van der Waals surface area contributed by atoms with Crippen molar-refractivity contribution in [3.05, 3.63) is 112 Å². The maximum atomic E-state index is 14.3. The van der Waals surface area contributed by atoms with Gasteiger partial charge in [-0.05, 0) is 79.6 Å². The molecule has 1 aliphatic rings. The van der Waals surface area contributed by atoms with E-state index in [9.17, 15) is 14.3 Å². The van der Waals surface area contributed by atoms with Crippen LogP contribution >= 0.6 is 23.4 Å². The van der Waals surface area contributed by atoms with Crippen LogP contribution in [0.25, 0.3) is 23.1 Å². The maximum Gasteiger partial charge on any atom is 0.120 e. The highest BCUT2D eigenvalue weighted by molar-refractivity contribution is 7.99. The van der Waals surface area contributed by atoms with Crippen LogP contribution in [0.4, 0.5) is 4.39 Å². The number of hydrogen-bond donors (Lipinski definition) is 1. The summed E-state index contributed by atoms with van der Waals surface area (Å²) in [5.74, 6) is 0.606. The Labute approximate surface area is 250 Å². The number of thioether (sulfide) groups is 1. The van der Waals surface area contributed by atoms with Gasteiger partial charge in [-0.1, -0.05) is 78.3 Å². The molecular weight excluding hydrogens is 553 g/mol. The molecule has 3 aromatic carbocycles. The number of benzene rings is 3. The molecule has 3 atom stereocenters. The number of aldehydes is 1. The minimum absolute atomic E-state index is 0.107. The van der Waals surface area contributed by atoms with E-state index < -0.39 is 17.2 Å². The van der Waals surface area contributed by atoms with E-state index in [0.29, 0.717) is 17.2 Å². The van der Waals surface area contributed by atoms with Crippen molar-refractivity contribution in [2.24, 2.45) is 5.41 Å². The summed E-state index contributed by atoms with van der Waals surface area (Å²) in [7, 11) is 0. The number of fused-ring (bicyclic) bond motifs is 1. The van der Waals surface area contributed by atoms with Crippen molar-refractivity contribution in [1.82, 2.24) is 4.98 Å². The predicted molar refractivity (Wildman–Crippen MR) is 170 cm³/mol. The van der Waals surface area contributed by atoms with Crippen molar-refractivity contribution in [3.8, 4) is 0 Å². The number of rotatable bonds is 12. The number of aryl methyl sites for hydroxylation is 1. The molecule has 4 aromatic rings. The molecule has 1 N–H and O–H groups in total. The third kappa shape index (κ3) is 7.27. The van der Waals surface area contributed by atoms with Crippen LogP contribution in [0.2, 0.25) is 5.02 Å². The SMILES string of the molecule is CC(C)(O)c1ccccc1CC[C@@H](SCC1(CC=O)CC1F)c1cccc(/C=C/c2ccc3ccc(Cl)cc3n2)c1. The number of hydrogen-bond acceptors (Lipinski definition) is 4. The molecular formula is C35H35ClFNO2S. The first-order valence-electron chi connectivity index (χ1n) is 14.0. The number of carbonyl (C=O) groups excluding carboxylic acids is 1. The van der Waals surface area contributed by atoms with Crippen LogP contribution in [0, 0.1) is 5.41 Å². The van der Waals surface area contributed by atoms with Crippen LogP contribution in [0.15, 0.2) is 78.9 Å². The Hall–Kier alpha value is -2.99. The van der Waals surface area contributed by atoms with Gasteiger partial charge < -0.3 is 9.90 Å². The van der Waals surface area contributed by atoms with Crippen LogP contribution in [0.3, 0.4) is 0 Å². The molecule has 1 aliphatic carbocycles. The number of halogens is 2. The smallest absolute Gasteiger partial charge is 0.120 e. The van der Waals surface area contributed by atoms with Gasteiger partial charge in [-0.15, -0.1) is 0 Å². The van der Waals surface area contributed by atoms with Gasteiger partial charge in [0.25, 0.3) is 0 Å². The van der Waals surface area contributed by atoms with Gasteiger partial charge in [-0.25, -0.2) is 9.37 Å². The molecule has 0 aliphatic heterocycles. The lowest BCUT2D eigenvalue weighted by Gasteiger charge is -2.24. The van der Waals surface area contributed by atoms with E-state index in [-0.39, 0.29) is 11.7 Å². The average Bonchev–Trinajstić information content (AvgIpc) is 3.59. The molecule has 1 fully saturated rings. The molecule has 0 radical (unpaired) electrons. The van der Waals surface area contributed by atoms with E-state index in [1.54, 1.807) is 11.8 Å². The Kier molecular flexibility index (Phi) is 8.98. The average molecular weight is 588 g/mol. The fourth-order valence-corrected chi connectivity index (χ4v) is 7.10. The Morgan fingerprint density at radius 1 is 1.10 bits per heavy atom. The third-order valence-electron chi connectivity index (χ3n) is 7.91. The van der Waals surface area contributed by atoms with Crippen LogP contribution in [-0.4, -0.2) is 28.3 Å². The quantitative estimate of drug-likeness (QED) is 0.168. The zero-order valence-corrected chi connectivity index (χ0v) is 25.0. The molecule has 6 heteroatoms. The van der Waals surface area contributed by atoms with Gasteiger partial charge in [0, 0.05) is 33.2 Å². The fraction of sp³-hybridized carbons (Fsp3) is 0.314. The summed E-state index contributed by atoms with van der Waals surface area (Å²) < 4.78 is 14.3. The van der Waals surface area contributed by atoms with Gasteiger partial charge >= 0.3 is 0 Å². The Balaban J connectivity index is 1.38. The van der Waals surface area contributed by atoms with Gasteiger partial charge in [0.05, 0.1) is 16.8 Å². The second kappa shape index (κ2) is 12.5. The van der Waals surface area contributed by atoms with E-state index in [4.69, 9.17) is 16.6 Å². The van der Waals surface area contributed by atoms with E-state index in [1.807, 2.05) is 68.5 Å². The first kappa shape index (κ1) is 29.5. The minimum atomic E-state index is -0.935. The number of nitrogens with zero attached hydrogens (tertiary/aromatic N) is 1. The molecule has 0 saturated heterocycles. The van der Waals surface area contributed by atoms with Gasteiger partial charge in [0.2, 0.25) is 0 Å². The number of pyridine rings is 1. The summed E-state index contributed by atoms with van der Waals surface area (Å²) in [6.07, 6.45) is 6.33. The second-order valence-electron chi connectivity index (χ2n) is 11.5. The molecule has 41 heavy (non-hydrogen) atoms. The van der Waals surface area contributed by atoms with E-state index in [2.05, 4.69) is 36.4 Å². The predicted octanol–water partition coefficient (Wildman–Crippen LogP) is 9.01. The van der Waals surface area contributed by atoms with Crippen molar-refractivity contribution < 1.29 is 14.3 Å². The van der Waals surface area contributed by atoms with E-state index in [1.165, 1.54) is 0 Å². The molecule has 2 unspecified atom stereocenters. The lowest BCUT2D eigenvalue weighted by Crippen LogP contribution is -2.18. The van der Waals surface area contributed by atoms with Crippen molar-refractivity contribution in [3.63, 3.8) is 0 Å². The number of aromatic nitrogens is 1. The Morgan fingerprint density at radius 3 is 2.63 bits per heavy atom. The summed E-state index contributed by atoms with van der Waals surface area (Å²) in [5.41, 5.74) is 4.48. The lowest BCUT2D eigenvalue weighted by molar-refractivity contribution is -0.108. The minimum Gasteiger partial charge on any atom is -0.386 e. The Bertz CT molecular complexity index is 1570. The summed E-state index contributed by atoms with van der Waals surface area (Å²) in [5, 5.41) is 12.5. The lowest BCUT2D eigenvalue weighted by atomic mass is 9.90. The number of alkyl halides is 1. The van der Waals surface area contributed by atoms with Crippen molar-refractivity contribution >= 4 is 52.7 Å². The molecule has 212 valence electrons. The van der Waals surface area contributed by atoms with Crippen molar-refractivity contribution in [1.29, 1.82) is 0 Å². The number of aliphatic hydroxyl groups is 1. The monoisotopic (exact) mass is 587 g/mol. The van der Waals surface area contributed by atoms with Crippen molar-refractivity contribution in [2.45, 2.75) is 56.6 Å². The summed E-state index contributed by atoms with van der Waals surface area (Å²) in [4.78, 5) is 16.0. The molecule has 1 heterocycles. The topological polar surface area (TPSA) is 50.2 Å². The highest BCUT2D eigenvalue weighted by atomic mass is 35.5. The van der Waals surface area contributed by atoms with E-state index in [0.717, 1.165) is 58.0 Å². The summed E-state index contributed by atoms with van der Waals surface area (Å²) in [6.45, 7) is 3.62. The normalized spacial score (nSPS) is 19.5. The zero-order valence-electron chi connectivity index (χ0n) is 23.4. The molecule has 5 rings (SSSR count). The fourth-order valence-electron chi connectivity index (χ4n) is 5.36. The van der Waals surface area contributed by atoms with Crippen LogP contribution < -0.4 is 0 Å². The van der Waals surface area contributed by atoms with E-state index >= 15 is 0 Å². The van der Waals surface area contributed by atoms with Crippen LogP contribution in [-0.2, 0) is 16.8 Å². The number of carbonyl (C=O) groups is 1. The molecule has 1 aromatic heterocycles. The van der Waals surface area contributed by atoms with Crippen LogP contribution in [0.5, 0.6) is 0 Å². The highest BCUT2D eigenvalue weighted by Gasteiger charge is 2.54. The van der Waals surface area contributed by atoms with Gasteiger partial charge in [0.1, 0.15) is 12.5 Å². The largest absolute Gasteiger partial charge is 0.386 e. The van der Waals surface area contributed by atoms with Gasteiger partial charge in [-0.2, -0.15) is 11.8 Å². The molecule has 1 saturated carbocycles. The highest BCUT2D eigenvalue weighted by Crippen LogP contribution is 2.55. The zero-order chi connectivity index (χ0) is 29.0. The molecule has 0 amide bonds. The molecule has 3 nitrogen and oxygen atoms in total. The Morgan fingerprint density at radius 2 is 1.88 bits per heavy atom. The van der Waals surface area contributed by atoms with Crippen molar-refractivity contribution in [2.75, 3.05) is 5.75 Å². The summed E-state index contributed by atoms with van der Waals surface area (Å²) in [6, 6.07) is 26.2. The molecule has 0 bridgehead atoms. The van der Waals surface area contributed by atoms with Gasteiger partial charge in [0.15, 0.2) is 0 Å². The first-order chi connectivity index (χ1) is 19.7. The summed E-state index contributed by atoms with van der Waals surface area (Å²) >= 11 is 7.90. The molecule has 0 spiro atoms. The third-order valence-corrected chi connectivity index (χ3v) is 9.80. The van der Waals surface area contributed by atoms with Gasteiger partial charge in [-0.3, -0.25) is 0 Å². The maximum absolute atomic E-state index is 14.3.